The van der Waals surface area contributed by atoms with E-state index in [2.05, 4.69) is 5.32 Å². The monoisotopic (exact) mass is 330 g/mol. The molecule has 0 atom stereocenters. The predicted molar refractivity (Wildman–Crippen MR) is 88.5 cm³/mol. The van der Waals surface area contributed by atoms with E-state index in [1.807, 2.05) is 6.07 Å². The molecule has 0 aliphatic rings. The van der Waals surface area contributed by atoms with Crippen molar-refractivity contribution >= 4 is 11.6 Å². The number of carbonyl (C=O) groups excluding carboxylic acids is 1. The van der Waals surface area contributed by atoms with Gasteiger partial charge < -0.3 is 14.8 Å². The quantitative estimate of drug-likeness (QED) is 0.649. The van der Waals surface area contributed by atoms with Crippen LogP contribution in [0.2, 0.25) is 0 Å². The fourth-order valence-electron chi connectivity index (χ4n) is 2.43. The van der Waals surface area contributed by atoms with Gasteiger partial charge in [-0.1, -0.05) is 18.2 Å². The van der Waals surface area contributed by atoms with Crippen molar-refractivity contribution in [1.29, 1.82) is 0 Å². The molecule has 0 aliphatic carbocycles. The van der Waals surface area contributed by atoms with E-state index in [1.54, 1.807) is 25.1 Å². The third-order valence-electron chi connectivity index (χ3n) is 3.67. The van der Waals surface area contributed by atoms with Gasteiger partial charge in [0.25, 0.3) is 11.6 Å². The number of hydrogen-bond donors (Lipinski definition) is 1. The summed E-state index contributed by atoms with van der Waals surface area (Å²) in [6.07, 6.45) is 0. The fraction of sp³-hybridized carbons (Fsp3) is 0.235. The van der Waals surface area contributed by atoms with Gasteiger partial charge in [0.15, 0.2) is 11.5 Å². The summed E-state index contributed by atoms with van der Waals surface area (Å²) >= 11 is 0. The zero-order valence-electron chi connectivity index (χ0n) is 13.7. The van der Waals surface area contributed by atoms with Gasteiger partial charge in [-0.3, -0.25) is 14.9 Å². The van der Waals surface area contributed by atoms with Crippen LogP contribution in [0, 0.1) is 17.0 Å². The number of nitro groups is 1. The predicted octanol–water partition coefficient (Wildman–Crippen LogP) is 2.85. The van der Waals surface area contributed by atoms with Gasteiger partial charge in [0.05, 0.1) is 19.1 Å². The number of nitrogens with zero attached hydrogens (tertiary/aromatic N) is 1. The number of nitro benzene ring substituents is 1. The van der Waals surface area contributed by atoms with E-state index in [9.17, 15) is 14.9 Å². The van der Waals surface area contributed by atoms with E-state index in [4.69, 9.17) is 9.47 Å². The van der Waals surface area contributed by atoms with Gasteiger partial charge >= 0.3 is 0 Å². The fourth-order valence-corrected chi connectivity index (χ4v) is 2.43. The molecule has 1 amide bonds. The molecule has 7 heteroatoms. The van der Waals surface area contributed by atoms with Crippen LogP contribution in [0.4, 0.5) is 5.69 Å². The minimum atomic E-state index is -0.503. The first kappa shape index (κ1) is 17.3. The Kier molecular flexibility index (Phi) is 5.36. The van der Waals surface area contributed by atoms with E-state index >= 15 is 0 Å². The molecule has 7 nitrogen and oxygen atoms in total. The summed E-state index contributed by atoms with van der Waals surface area (Å²) in [6.45, 7) is 1.76. The average Bonchev–Trinajstić information content (AvgIpc) is 2.58. The highest BCUT2D eigenvalue weighted by Gasteiger charge is 2.18. The summed E-state index contributed by atoms with van der Waals surface area (Å²) in [6, 6.07) is 9.78. The topological polar surface area (TPSA) is 90.7 Å². The Hall–Kier alpha value is -3.09. The standard InChI is InChI=1S/C17H18N2O5/c1-11-13(7-5-8-14(11)19(21)22)17(20)18-10-12-6-4-9-15(23-2)16(12)24-3/h4-9H,10H2,1-3H3,(H,18,20). The lowest BCUT2D eigenvalue weighted by molar-refractivity contribution is -0.385. The highest BCUT2D eigenvalue weighted by atomic mass is 16.6. The average molecular weight is 330 g/mol. The highest BCUT2D eigenvalue weighted by molar-refractivity contribution is 5.96. The van der Waals surface area contributed by atoms with Crippen molar-refractivity contribution in [2.24, 2.45) is 0 Å². The molecule has 0 radical (unpaired) electrons. The molecule has 0 aromatic heterocycles. The van der Waals surface area contributed by atoms with Crippen molar-refractivity contribution in [2.45, 2.75) is 13.5 Å². The zero-order valence-corrected chi connectivity index (χ0v) is 13.7. The van der Waals surface area contributed by atoms with Gasteiger partial charge in [-0.05, 0) is 19.1 Å². The molecule has 0 heterocycles. The second-order valence-corrected chi connectivity index (χ2v) is 5.04. The van der Waals surface area contributed by atoms with Crippen LogP contribution < -0.4 is 14.8 Å². The van der Waals surface area contributed by atoms with Crippen LogP contribution in [0.3, 0.4) is 0 Å². The molecule has 24 heavy (non-hydrogen) atoms. The molecule has 0 aliphatic heterocycles. The normalized spacial score (nSPS) is 10.1. The maximum Gasteiger partial charge on any atom is 0.273 e. The molecule has 2 aromatic carbocycles. The summed E-state index contributed by atoms with van der Waals surface area (Å²) in [5.41, 5.74) is 1.26. The number of hydrogen-bond acceptors (Lipinski definition) is 5. The van der Waals surface area contributed by atoms with Crippen molar-refractivity contribution in [1.82, 2.24) is 5.32 Å². The Labute approximate surface area is 139 Å². The van der Waals surface area contributed by atoms with Gasteiger partial charge in [0.1, 0.15) is 0 Å². The van der Waals surface area contributed by atoms with E-state index in [-0.39, 0.29) is 23.7 Å². The van der Waals surface area contributed by atoms with Crippen LogP contribution in [-0.4, -0.2) is 25.1 Å². The van der Waals surface area contributed by atoms with Crippen molar-refractivity contribution in [3.63, 3.8) is 0 Å². The maximum absolute atomic E-state index is 12.4. The molecular formula is C17H18N2O5. The molecule has 0 bridgehead atoms. The number of rotatable bonds is 6. The minimum absolute atomic E-state index is 0.0818. The highest BCUT2D eigenvalue weighted by Crippen LogP contribution is 2.30. The molecule has 0 saturated carbocycles. The van der Waals surface area contributed by atoms with Gasteiger partial charge in [-0.15, -0.1) is 0 Å². The molecule has 126 valence electrons. The van der Waals surface area contributed by atoms with Crippen LogP contribution in [-0.2, 0) is 6.54 Å². The number of amides is 1. The Morgan fingerprint density at radius 1 is 1.17 bits per heavy atom. The Balaban J connectivity index is 2.21. The molecule has 0 fully saturated rings. The molecule has 0 saturated heterocycles. The molecule has 0 spiro atoms. The van der Waals surface area contributed by atoms with Gasteiger partial charge in [-0.2, -0.15) is 0 Å². The third-order valence-corrected chi connectivity index (χ3v) is 3.67. The van der Waals surface area contributed by atoms with Crippen molar-refractivity contribution in [2.75, 3.05) is 14.2 Å². The number of carbonyl (C=O) groups is 1. The molecule has 0 unspecified atom stereocenters. The van der Waals surface area contributed by atoms with E-state index in [1.165, 1.54) is 26.4 Å². The summed E-state index contributed by atoms with van der Waals surface area (Å²) in [7, 11) is 3.06. The number of benzene rings is 2. The SMILES string of the molecule is COc1cccc(CNC(=O)c2cccc([N+](=O)[O-])c2C)c1OC. The van der Waals surface area contributed by atoms with E-state index in [0.717, 1.165) is 5.56 Å². The summed E-state index contributed by atoms with van der Waals surface area (Å²) < 4.78 is 10.5. The first-order valence-electron chi connectivity index (χ1n) is 7.21. The molecule has 2 rings (SSSR count). The van der Waals surface area contributed by atoms with Crippen molar-refractivity contribution in [3.8, 4) is 11.5 Å². The summed E-state index contributed by atoms with van der Waals surface area (Å²) in [5.74, 6) is 0.716. The Morgan fingerprint density at radius 3 is 2.50 bits per heavy atom. The van der Waals surface area contributed by atoms with Gasteiger partial charge in [-0.25, -0.2) is 0 Å². The number of methoxy groups -OCH3 is 2. The van der Waals surface area contributed by atoms with Crippen LogP contribution in [0.1, 0.15) is 21.5 Å². The second kappa shape index (κ2) is 7.45. The van der Waals surface area contributed by atoms with Crippen LogP contribution >= 0.6 is 0 Å². The van der Waals surface area contributed by atoms with Crippen LogP contribution in [0.15, 0.2) is 36.4 Å². The number of ether oxygens (including phenoxy) is 2. The third kappa shape index (κ3) is 3.45. The van der Waals surface area contributed by atoms with E-state index in [0.29, 0.717) is 17.1 Å². The lowest BCUT2D eigenvalue weighted by Gasteiger charge is -2.13. The molecule has 2 aromatic rings. The van der Waals surface area contributed by atoms with Crippen LogP contribution in [0.5, 0.6) is 11.5 Å². The lowest BCUT2D eigenvalue weighted by Crippen LogP contribution is -2.24. The van der Waals surface area contributed by atoms with Gasteiger partial charge in [0.2, 0.25) is 0 Å². The smallest absolute Gasteiger partial charge is 0.273 e. The Morgan fingerprint density at radius 2 is 1.88 bits per heavy atom. The second-order valence-electron chi connectivity index (χ2n) is 5.04. The van der Waals surface area contributed by atoms with Crippen molar-refractivity contribution in [3.05, 3.63) is 63.2 Å². The molecular weight excluding hydrogens is 312 g/mol. The largest absolute Gasteiger partial charge is 0.493 e. The minimum Gasteiger partial charge on any atom is -0.493 e. The number of para-hydroxylation sites is 1. The zero-order chi connectivity index (χ0) is 17.7. The van der Waals surface area contributed by atoms with Crippen molar-refractivity contribution < 1.29 is 19.2 Å². The van der Waals surface area contributed by atoms with E-state index < -0.39 is 4.92 Å². The van der Waals surface area contributed by atoms with Gasteiger partial charge in [0, 0.05) is 29.3 Å². The maximum atomic E-state index is 12.4. The summed E-state index contributed by atoms with van der Waals surface area (Å²) in [5, 5.41) is 13.7. The number of nitrogens with one attached hydrogen (secondary N) is 1. The lowest BCUT2D eigenvalue weighted by atomic mass is 10.1. The first-order valence-corrected chi connectivity index (χ1v) is 7.21. The summed E-state index contributed by atoms with van der Waals surface area (Å²) in [4.78, 5) is 22.8. The first-order chi connectivity index (χ1) is 11.5. The Bertz CT molecular complexity index is 774. The van der Waals surface area contributed by atoms with Crippen LogP contribution in [0.25, 0.3) is 0 Å². The molecule has 1 N–H and O–H groups in total.